The molecule has 136 valence electrons. The Hall–Kier alpha value is -2.09. The quantitative estimate of drug-likeness (QED) is 0.620. The average Bonchev–Trinajstić information content (AvgIpc) is 3.25. The first kappa shape index (κ1) is 17.3. The van der Waals surface area contributed by atoms with Crippen LogP contribution >= 0.6 is 23.2 Å². The minimum Gasteiger partial charge on any atom is -0.354 e. The molecule has 9 heteroatoms. The fourth-order valence-electron chi connectivity index (χ4n) is 3.14. The van der Waals surface area contributed by atoms with Gasteiger partial charge in [-0.1, -0.05) is 35.3 Å². The van der Waals surface area contributed by atoms with Gasteiger partial charge in [-0.15, -0.1) is 0 Å². The van der Waals surface area contributed by atoms with Gasteiger partial charge in [0.25, 0.3) is 0 Å². The molecule has 0 spiro atoms. The van der Waals surface area contributed by atoms with Crippen molar-refractivity contribution in [1.82, 2.24) is 24.8 Å². The van der Waals surface area contributed by atoms with Crippen molar-refractivity contribution in [2.24, 2.45) is 5.92 Å². The van der Waals surface area contributed by atoms with Crippen LogP contribution in [0.25, 0.3) is 11.2 Å². The standard InChI is InChI=1S/C17H18Cl2N6O/c18-12-3-1-2-11(14(12)19)9-25-15-13(23-17(25)26)8-22-16(24-15)21-7-10-4-5-20-6-10/h1-3,8,10,20H,4-7,9H2,(H,23,26)(H,21,22,24)/t10-/m1/s1. The van der Waals surface area contributed by atoms with E-state index in [2.05, 4.69) is 25.6 Å². The van der Waals surface area contributed by atoms with E-state index in [0.29, 0.717) is 33.1 Å². The lowest BCUT2D eigenvalue weighted by molar-refractivity contribution is 0.613. The molecule has 1 atom stereocenters. The molecule has 0 saturated carbocycles. The van der Waals surface area contributed by atoms with E-state index in [1.165, 1.54) is 4.57 Å². The lowest BCUT2D eigenvalue weighted by Crippen LogP contribution is -2.19. The zero-order chi connectivity index (χ0) is 18.1. The summed E-state index contributed by atoms with van der Waals surface area (Å²) in [6.07, 6.45) is 2.76. The smallest absolute Gasteiger partial charge is 0.328 e. The monoisotopic (exact) mass is 392 g/mol. The normalized spacial score (nSPS) is 17.1. The molecule has 3 aromatic rings. The lowest BCUT2D eigenvalue weighted by Gasteiger charge is -2.10. The third-order valence-electron chi connectivity index (χ3n) is 4.58. The predicted octanol–water partition coefficient (Wildman–Crippen LogP) is 2.50. The van der Waals surface area contributed by atoms with Crippen molar-refractivity contribution in [3.8, 4) is 0 Å². The van der Waals surface area contributed by atoms with Gasteiger partial charge in [0.2, 0.25) is 5.95 Å². The summed E-state index contributed by atoms with van der Waals surface area (Å²) in [6, 6.07) is 5.36. The van der Waals surface area contributed by atoms with Crippen molar-refractivity contribution < 1.29 is 0 Å². The van der Waals surface area contributed by atoms with Crippen LogP contribution in [0.15, 0.2) is 29.2 Å². The summed E-state index contributed by atoms with van der Waals surface area (Å²) in [5, 5.41) is 7.49. The SMILES string of the molecule is O=c1[nH]c2cnc(NC[C@@H]3CCNC3)nc2n1Cc1cccc(Cl)c1Cl. The number of imidazole rings is 1. The van der Waals surface area contributed by atoms with Gasteiger partial charge in [-0.3, -0.25) is 4.57 Å². The fourth-order valence-corrected chi connectivity index (χ4v) is 3.52. The number of hydrogen-bond acceptors (Lipinski definition) is 5. The highest BCUT2D eigenvalue weighted by molar-refractivity contribution is 6.42. The number of aromatic amines is 1. The molecule has 3 N–H and O–H groups in total. The summed E-state index contributed by atoms with van der Waals surface area (Å²) < 4.78 is 1.54. The number of aromatic nitrogens is 4. The topological polar surface area (TPSA) is 87.6 Å². The van der Waals surface area contributed by atoms with E-state index in [4.69, 9.17) is 23.2 Å². The van der Waals surface area contributed by atoms with Crippen LogP contribution < -0.4 is 16.3 Å². The van der Waals surface area contributed by atoms with Crippen LogP contribution in [0.1, 0.15) is 12.0 Å². The Bertz CT molecular complexity index is 993. The van der Waals surface area contributed by atoms with Gasteiger partial charge >= 0.3 is 5.69 Å². The van der Waals surface area contributed by atoms with E-state index in [9.17, 15) is 4.79 Å². The summed E-state index contributed by atoms with van der Waals surface area (Å²) in [5.41, 5.74) is 1.61. The molecule has 1 saturated heterocycles. The van der Waals surface area contributed by atoms with E-state index >= 15 is 0 Å². The number of rotatable bonds is 5. The summed E-state index contributed by atoms with van der Waals surface area (Å²) in [7, 11) is 0. The zero-order valence-corrected chi connectivity index (χ0v) is 15.4. The van der Waals surface area contributed by atoms with Gasteiger partial charge in [0.05, 0.1) is 22.8 Å². The highest BCUT2D eigenvalue weighted by Gasteiger charge is 2.16. The number of nitrogens with zero attached hydrogens (tertiary/aromatic N) is 3. The fraction of sp³-hybridized carbons (Fsp3) is 0.353. The molecule has 2 aromatic heterocycles. The number of halogens is 2. The molecule has 26 heavy (non-hydrogen) atoms. The Morgan fingerprint density at radius 3 is 3.04 bits per heavy atom. The third-order valence-corrected chi connectivity index (χ3v) is 5.44. The van der Waals surface area contributed by atoms with Crippen LogP contribution in [0.3, 0.4) is 0 Å². The molecule has 0 radical (unpaired) electrons. The van der Waals surface area contributed by atoms with E-state index in [1.807, 2.05) is 6.07 Å². The largest absolute Gasteiger partial charge is 0.354 e. The van der Waals surface area contributed by atoms with Crippen molar-refractivity contribution in [2.75, 3.05) is 25.0 Å². The van der Waals surface area contributed by atoms with Crippen LogP contribution in [0.5, 0.6) is 0 Å². The first-order valence-corrected chi connectivity index (χ1v) is 9.20. The Labute approximate surface area is 159 Å². The van der Waals surface area contributed by atoms with Crippen molar-refractivity contribution in [2.45, 2.75) is 13.0 Å². The van der Waals surface area contributed by atoms with Crippen molar-refractivity contribution in [3.63, 3.8) is 0 Å². The second kappa shape index (κ2) is 7.26. The summed E-state index contributed by atoms with van der Waals surface area (Å²) in [4.78, 5) is 23.9. The van der Waals surface area contributed by atoms with Gasteiger partial charge in [-0.05, 0) is 37.1 Å². The highest BCUT2D eigenvalue weighted by Crippen LogP contribution is 2.26. The number of hydrogen-bond donors (Lipinski definition) is 3. The molecular formula is C17H18Cl2N6O. The van der Waals surface area contributed by atoms with E-state index in [1.54, 1.807) is 18.3 Å². The maximum atomic E-state index is 12.4. The molecule has 0 bridgehead atoms. The molecule has 1 fully saturated rings. The van der Waals surface area contributed by atoms with Gasteiger partial charge in [-0.25, -0.2) is 9.78 Å². The molecule has 3 heterocycles. The molecule has 1 aliphatic rings. The lowest BCUT2D eigenvalue weighted by atomic mass is 10.1. The van der Waals surface area contributed by atoms with Crippen molar-refractivity contribution in [3.05, 3.63) is 50.5 Å². The second-order valence-corrected chi connectivity index (χ2v) is 7.19. The van der Waals surface area contributed by atoms with Crippen LogP contribution in [-0.4, -0.2) is 39.2 Å². The van der Waals surface area contributed by atoms with E-state index < -0.39 is 0 Å². The summed E-state index contributed by atoms with van der Waals surface area (Å²) >= 11 is 12.3. The number of H-pyrrole nitrogens is 1. The molecule has 1 aromatic carbocycles. The van der Waals surface area contributed by atoms with Crippen molar-refractivity contribution in [1.29, 1.82) is 0 Å². The van der Waals surface area contributed by atoms with E-state index in [-0.39, 0.29) is 12.2 Å². The molecule has 0 unspecified atom stereocenters. The maximum absolute atomic E-state index is 12.4. The zero-order valence-electron chi connectivity index (χ0n) is 13.9. The Balaban J connectivity index is 1.63. The highest BCUT2D eigenvalue weighted by atomic mass is 35.5. The third kappa shape index (κ3) is 3.42. The summed E-state index contributed by atoms with van der Waals surface area (Å²) in [5.74, 6) is 1.07. The molecule has 7 nitrogen and oxygen atoms in total. The van der Waals surface area contributed by atoms with Gasteiger partial charge in [0.15, 0.2) is 5.65 Å². The van der Waals surface area contributed by atoms with Crippen LogP contribution in [-0.2, 0) is 6.54 Å². The van der Waals surface area contributed by atoms with Gasteiger partial charge in [0, 0.05) is 6.54 Å². The van der Waals surface area contributed by atoms with Gasteiger partial charge in [-0.2, -0.15) is 4.98 Å². The van der Waals surface area contributed by atoms with Crippen LogP contribution in [0.4, 0.5) is 5.95 Å². The minimum absolute atomic E-state index is 0.262. The molecule has 1 aliphatic heterocycles. The van der Waals surface area contributed by atoms with Crippen molar-refractivity contribution >= 4 is 40.3 Å². The predicted molar refractivity (Wildman–Crippen MR) is 103 cm³/mol. The van der Waals surface area contributed by atoms with Gasteiger partial charge in [0.1, 0.15) is 5.52 Å². The number of fused-ring (bicyclic) bond motifs is 1. The Morgan fingerprint density at radius 1 is 1.35 bits per heavy atom. The minimum atomic E-state index is -0.262. The number of benzene rings is 1. The molecule has 0 aliphatic carbocycles. The molecular weight excluding hydrogens is 375 g/mol. The number of nitrogens with one attached hydrogen (secondary N) is 3. The average molecular weight is 393 g/mol. The number of anilines is 1. The Kier molecular flexibility index (Phi) is 4.84. The molecule has 4 rings (SSSR count). The van der Waals surface area contributed by atoms with Crippen LogP contribution in [0.2, 0.25) is 10.0 Å². The maximum Gasteiger partial charge on any atom is 0.328 e. The Morgan fingerprint density at radius 2 is 2.23 bits per heavy atom. The van der Waals surface area contributed by atoms with E-state index in [0.717, 1.165) is 31.6 Å². The molecule has 0 amide bonds. The first-order chi connectivity index (χ1) is 12.6. The summed E-state index contributed by atoms with van der Waals surface area (Å²) in [6.45, 7) is 3.12. The first-order valence-electron chi connectivity index (χ1n) is 8.45. The van der Waals surface area contributed by atoms with Gasteiger partial charge < -0.3 is 15.6 Å². The second-order valence-electron chi connectivity index (χ2n) is 6.40. The van der Waals surface area contributed by atoms with Crippen LogP contribution in [0, 0.1) is 5.92 Å².